The summed E-state index contributed by atoms with van der Waals surface area (Å²) in [6, 6.07) is 10.5. The van der Waals surface area contributed by atoms with Gasteiger partial charge in [-0.05, 0) is 35.0 Å². The van der Waals surface area contributed by atoms with Gasteiger partial charge in [0, 0.05) is 17.7 Å². The Morgan fingerprint density at radius 1 is 1.00 bits per heavy atom. The minimum atomic E-state index is -3.19. The van der Waals surface area contributed by atoms with E-state index in [-0.39, 0.29) is 17.0 Å². The van der Waals surface area contributed by atoms with Crippen molar-refractivity contribution in [3.05, 3.63) is 65.5 Å². The molecule has 0 bridgehead atoms. The quantitative estimate of drug-likeness (QED) is 0.629. The predicted molar refractivity (Wildman–Crippen MR) is 98.4 cm³/mol. The molecule has 0 unspecified atom stereocenters. The van der Waals surface area contributed by atoms with Crippen LogP contribution in [0.1, 0.15) is 20.7 Å². The van der Waals surface area contributed by atoms with Gasteiger partial charge in [-0.3, -0.25) is 4.79 Å². The number of amides is 1. The fraction of sp³-hybridized carbons (Fsp3) is 0.100. The molecule has 0 fully saturated rings. The third-order valence-corrected chi connectivity index (χ3v) is 4.06. The Kier molecular flexibility index (Phi) is 5.58. The topological polar surface area (TPSA) is 84.9 Å². The van der Waals surface area contributed by atoms with E-state index in [1.165, 1.54) is 37.4 Å². The van der Waals surface area contributed by atoms with Crippen molar-refractivity contribution in [2.45, 2.75) is 6.61 Å². The second kappa shape index (κ2) is 8.09. The maximum absolute atomic E-state index is 13.3. The number of anilines is 1. The van der Waals surface area contributed by atoms with E-state index in [9.17, 15) is 27.9 Å². The minimum Gasteiger partial charge on any atom is -0.493 e. The largest absolute Gasteiger partial charge is 0.493 e. The lowest BCUT2D eigenvalue weighted by molar-refractivity contribution is -0.0512. The van der Waals surface area contributed by atoms with Crippen LogP contribution in [0.2, 0.25) is 0 Å². The van der Waals surface area contributed by atoms with Gasteiger partial charge >= 0.3 is 12.6 Å². The number of nitrogens with one attached hydrogen (secondary N) is 1. The van der Waals surface area contributed by atoms with Crippen molar-refractivity contribution in [2.75, 3.05) is 12.4 Å². The first-order chi connectivity index (χ1) is 13.8. The smallest absolute Gasteiger partial charge is 0.387 e. The Bertz CT molecular complexity index is 1100. The zero-order valence-electron chi connectivity index (χ0n) is 14.9. The molecule has 0 atom stereocenters. The summed E-state index contributed by atoms with van der Waals surface area (Å²) in [5, 5.41) is 13.0. The summed E-state index contributed by atoms with van der Waals surface area (Å²) in [7, 11) is 1.18. The molecule has 3 aromatic rings. The average Bonchev–Trinajstić information content (AvgIpc) is 2.67. The molecule has 0 aliphatic carbocycles. The Hall–Kier alpha value is -3.75. The molecular formula is C20H14F3NO5. The number of halogens is 3. The van der Waals surface area contributed by atoms with Crippen LogP contribution in [0.3, 0.4) is 0 Å². The van der Waals surface area contributed by atoms with E-state index in [1.54, 1.807) is 6.07 Å². The number of aromatic carboxylic acids is 1. The second-order valence-corrected chi connectivity index (χ2v) is 5.89. The molecular weight excluding hydrogens is 391 g/mol. The number of rotatable bonds is 6. The van der Waals surface area contributed by atoms with Crippen molar-refractivity contribution in [3.63, 3.8) is 0 Å². The zero-order chi connectivity index (χ0) is 21.1. The first-order valence-corrected chi connectivity index (χ1v) is 8.19. The average molecular weight is 405 g/mol. The van der Waals surface area contributed by atoms with E-state index < -0.39 is 35.6 Å². The fourth-order valence-electron chi connectivity index (χ4n) is 2.74. The van der Waals surface area contributed by atoms with Crippen molar-refractivity contribution in [2.24, 2.45) is 0 Å². The van der Waals surface area contributed by atoms with Gasteiger partial charge in [0.2, 0.25) is 0 Å². The number of alkyl halides is 2. The van der Waals surface area contributed by atoms with Crippen LogP contribution in [0, 0.1) is 5.82 Å². The van der Waals surface area contributed by atoms with Crippen molar-refractivity contribution in [1.29, 1.82) is 0 Å². The lowest BCUT2D eigenvalue weighted by Gasteiger charge is -2.15. The summed E-state index contributed by atoms with van der Waals surface area (Å²) < 4.78 is 47.6. The summed E-state index contributed by atoms with van der Waals surface area (Å²) in [5.74, 6) is -3.19. The summed E-state index contributed by atoms with van der Waals surface area (Å²) in [6.07, 6.45) is 0. The summed E-state index contributed by atoms with van der Waals surface area (Å²) in [6.45, 7) is -3.19. The monoisotopic (exact) mass is 405 g/mol. The molecule has 0 saturated heterocycles. The standard InChI is InChI=1S/C20H14F3NO5/c1-28-16-9-15(14(19(26)27)8-17(16)29-20(22)23)24-18(25)12-3-2-11-7-13(21)5-4-10(11)6-12/h2-9,20H,1H3,(H,24,25)(H,26,27). The SMILES string of the molecule is COc1cc(NC(=O)c2ccc3cc(F)ccc3c2)c(C(=O)O)cc1OC(F)F. The number of carbonyl (C=O) groups is 2. The Morgan fingerprint density at radius 2 is 1.69 bits per heavy atom. The van der Waals surface area contributed by atoms with Crippen molar-refractivity contribution >= 4 is 28.3 Å². The molecule has 1 amide bonds. The van der Waals surface area contributed by atoms with E-state index in [0.29, 0.717) is 10.8 Å². The van der Waals surface area contributed by atoms with Crippen LogP contribution in [-0.2, 0) is 0 Å². The van der Waals surface area contributed by atoms with E-state index in [4.69, 9.17) is 4.74 Å². The molecule has 3 rings (SSSR count). The number of ether oxygens (including phenoxy) is 2. The fourth-order valence-corrected chi connectivity index (χ4v) is 2.74. The highest BCUT2D eigenvalue weighted by molar-refractivity contribution is 6.09. The molecule has 0 aliphatic heterocycles. The van der Waals surface area contributed by atoms with Crippen LogP contribution in [0.25, 0.3) is 10.8 Å². The molecule has 0 aromatic heterocycles. The number of fused-ring (bicyclic) bond motifs is 1. The van der Waals surface area contributed by atoms with E-state index in [0.717, 1.165) is 12.1 Å². The van der Waals surface area contributed by atoms with Crippen molar-refractivity contribution < 1.29 is 37.3 Å². The Labute approximate surface area is 162 Å². The summed E-state index contributed by atoms with van der Waals surface area (Å²) in [4.78, 5) is 24.1. The van der Waals surface area contributed by atoms with E-state index >= 15 is 0 Å². The van der Waals surface area contributed by atoms with Crippen LogP contribution in [-0.4, -0.2) is 30.7 Å². The van der Waals surface area contributed by atoms with Gasteiger partial charge < -0.3 is 19.9 Å². The van der Waals surface area contributed by atoms with Crippen LogP contribution in [0.15, 0.2) is 48.5 Å². The molecule has 6 nitrogen and oxygen atoms in total. The van der Waals surface area contributed by atoms with Gasteiger partial charge in [0.05, 0.1) is 18.4 Å². The number of carboxylic acids is 1. The van der Waals surface area contributed by atoms with Crippen LogP contribution in [0.5, 0.6) is 11.5 Å². The van der Waals surface area contributed by atoms with Crippen LogP contribution >= 0.6 is 0 Å². The normalized spacial score (nSPS) is 10.8. The first kappa shape index (κ1) is 20.0. The molecule has 0 spiro atoms. The highest BCUT2D eigenvalue weighted by Gasteiger charge is 2.20. The molecule has 2 N–H and O–H groups in total. The maximum Gasteiger partial charge on any atom is 0.387 e. The molecule has 0 heterocycles. The Balaban J connectivity index is 1.96. The van der Waals surface area contributed by atoms with E-state index in [2.05, 4.69) is 10.1 Å². The van der Waals surface area contributed by atoms with Gasteiger partial charge in [-0.2, -0.15) is 8.78 Å². The molecule has 0 radical (unpaired) electrons. The highest BCUT2D eigenvalue weighted by atomic mass is 19.3. The molecule has 0 saturated carbocycles. The number of methoxy groups -OCH3 is 1. The Morgan fingerprint density at radius 3 is 2.34 bits per heavy atom. The number of benzene rings is 3. The van der Waals surface area contributed by atoms with Crippen molar-refractivity contribution in [1.82, 2.24) is 0 Å². The first-order valence-electron chi connectivity index (χ1n) is 8.19. The lowest BCUT2D eigenvalue weighted by Crippen LogP contribution is -2.15. The van der Waals surface area contributed by atoms with Crippen molar-refractivity contribution in [3.8, 4) is 11.5 Å². The van der Waals surface area contributed by atoms with Crippen LogP contribution < -0.4 is 14.8 Å². The number of hydrogen-bond acceptors (Lipinski definition) is 4. The molecule has 3 aromatic carbocycles. The number of carbonyl (C=O) groups excluding carboxylic acids is 1. The van der Waals surface area contributed by atoms with Gasteiger partial charge in [-0.1, -0.05) is 12.1 Å². The lowest BCUT2D eigenvalue weighted by atomic mass is 10.1. The highest BCUT2D eigenvalue weighted by Crippen LogP contribution is 2.35. The number of carboxylic acid groups (broad SMARTS) is 1. The second-order valence-electron chi connectivity index (χ2n) is 5.89. The van der Waals surface area contributed by atoms with E-state index in [1.807, 2.05) is 0 Å². The third kappa shape index (κ3) is 4.40. The molecule has 29 heavy (non-hydrogen) atoms. The number of hydrogen-bond donors (Lipinski definition) is 2. The summed E-state index contributed by atoms with van der Waals surface area (Å²) >= 11 is 0. The van der Waals surface area contributed by atoms with Gasteiger partial charge in [0.1, 0.15) is 5.82 Å². The summed E-state index contributed by atoms with van der Waals surface area (Å²) in [5.41, 5.74) is -0.440. The van der Waals surface area contributed by atoms with Gasteiger partial charge in [-0.15, -0.1) is 0 Å². The van der Waals surface area contributed by atoms with Gasteiger partial charge in [0.25, 0.3) is 5.91 Å². The minimum absolute atomic E-state index is 0.167. The molecule has 150 valence electrons. The predicted octanol–water partition coefficient (Wildman–Crippen LogP) is 4.54. The van der Waals surface area contributed by atoms with Gasteiger partial charge in [0.15, 0.2) is 11.5 Å². The third-order valence-electron chi connectivity index (χ3n) is 4.06. The maximum atomic E-state index is 13.3. The van der Waals surface area contributed by atoms with Gasteiger partial charge in [-0.25, -0.2) is 9.18 Å². The van der Waals surface area contributed by atoms with Crippen LogP contribution in [0.4, 0.5) is 18.9 Å². The molecule has 9 heteroatoms. The zero-order valence-corrected chi connectivity index (χ0v) is 14.9. The molecule has 0 aliphatic rings.